The van der Waals surface area contributed by atoms with Crippen LogP contribution >= 0.6 is 0 Å². The Morgan fingerprint density at radius 1 is 1.22 bits per heavy atom. The van der Waals surface area contributed by atoms with E-state index < -0.39 is 0 Å². The molecule has 0 aliphatic carbocycles. The van der Waals surface area contributed by atoms with Crippen molar-refractivity contribution < 1.29 is 5.11 Å². The van der Waals surface area contributed by atoms with E-state index in [0.29, 0.717) is 12.0 Å². The van der Waals surface area contributed by atoms with E-state index in [9.17, 15) is 5.11 Å². The van der Waals surface area contributed by atoms with Crippen LogP contribution < -0.4 is 5.32 Å². The van der Waals surface area contributed by atoms with Gasteiger partial charge in [0, 0.05) is 12.1 Å². The van der Waals surface area contributed by atoms with Crippen LogP contribution in [0.1, 0.15) is 38.3 Å². The lowest BCUT2D eigenvalue weighted by Crippen LogP contribution is -2.42. The molecule has 2 heteroatoms. The number of aryl methyl sites for hydroxylation is 2. The standard InChI is InChI=1S/C16H27NO/c1-12(2)16(11-18)17-14(4)8-9-15-7-5-6-13(3)10-15/h5-7,10,12,14,16-18H,8-9,11H2,1-4H3. The van der Waals surface area contributed by atoms with Crippen molar-refractivity contribution in [1.82, 2.24) is 5.32 Å². The van der Waals surface area contributed by atoms with Crippen LogP contribution in [0.4, 0.5) is 0 Å². The molecule has 0 saturated heterocycles. The smallest absolute Gasteiger partial charge is 0.0587 e. The van der Waals surface area contributed by atoms with E-state index in [2.05, 4.69) is 57.3 Å². The molecule has 2 N–H and O–H groups in total. The number of aliphatic hydroxyl groups is 1. The maximum atomic E-state index is 9.30. The number of hydrogen-bond donors (Lipinski definition) is 2. The summed E-state index contributed by atoms with van der Waals surface area (Å²) < 4.78 is 0. The van der Waals surface area contributed by atoms with Crippen molar-refractivity contribution in [3.8, 4) is 0 Å². The topological polar surface area (TPSA) is 32.3 Å². The first-order chi connectivity index (χ1) is 8.52. The van der Waals surface area contributed by atoms with Crippen LogP contribution in [0.15, 0.2) is 24.3 Å². The van der Waals surface area contributed by atoms with Gasteiger partial charge in [0.05, 0.1) is 6.61 Å². The number of aliphatic hydroxyl groups excluding tert-OH is 1. The van der Waals surface area contributed by atoms with Crippen molar-refractivity contribution in [2.75, 3.05) is 6.61 Å². The predicted molar refractivity (Wildman–Crippen MR) is 77.8 cm³/mol. The minimum atomic E-state index is 0.206. The van der Waals surface area contributed by atoms with E-state index >= 15 is 0 Å². The molecule has 0 radical (unpaired) electrons. The lowest BCUT2D eigenvalue weighted by atomic mass is 10.0. The van der Waals surface area contributed by atoms with Crippen LogP contribution in [0.25, 0.3) is 0 Å². The summed E-state index contributed by atoms with van der Waals surface area (Å²) in [6, 6.07) is 9.33. The van der Waals surface area contributed by atoms with E-state index in [0.717, 1.165) is 12.8 Å². The van der Waals surface area contributed by atoms with E-state index in [-0.39, 0.29) is 12.6 Å². The maximum absolute atomic E-state index is 9.30. The van der Waals surface area contributed by atoms with Crippen LogP contribution in [0, 0.1) is 12.8 Å². The van der Waals surface area contributed by atoms with Crippen molar-refractivity contribution in [3.05, 3.63) is 35.4 Å². The van der Waals surface area contributed by atoms with E-state index in [1.807, 2.05) is 0 Å². The van der Waals surface area contributed by atoms with Gasteiger partial charge in [0.25, 0.3) is 0 Å². The van der Waals surface area contributed by atoms with Crippen molar-refractivity contribution in [2.24, 2.45) is 5.92 Å². The summed E-state index contributed by atoms with van der Waals surface area (Å²) in [5.41, 5.74) is 2.72. The Balaban J connectivity index is 2.39. The lowest BCUT2D eigenvalue weighted by molar-refractivity contribution is 0.199. The minimum absolute atomic E-state index is 0.206. The molecule has 0 aliphatic rings. The maximum Gasteiger partial charge on any atom is 0.0587 e. The third kappa shape index (κ3) is 5.19. The molecule has 1 rings (SSSR count). The molecule has 0 saturated carbocycles. The van der Waals surface area contributed by atoms with E-state index in [1.165, 1.54) is 11.1 Å². The Morgan fingerprint density at radius 3 is 2.50 bits per heavy atom. The lowest BCUT2D eigenvalue weighted by Gasteiger charge is -2.24. The van der Waals surface area contributed by atoms with Gasteiger partial charge in [-0.25, -0.2) is 0 Å². The Kier molecular flexibility index (Phi) is 6.37. The quantitative estimate of drug-likeness (QED) is 0.779. The zero-order valence-electron chi connectivity index (χ0n) is 12.1. The van der Waals surface area contributed by atoms with Gasteiger partial charge in [-0.15, -0.1) is 0 Å². The van der Waals surface area contributed by atoms with Crippen LogP contribution in [0.2, 0.25) is 0 Å². The van der Waals surface area contributed by atoms with Crippen molar-refractivity contribution in [3.63, 3.8) is 0 Å². The molecule has 2 atom stereocenters. The number of benzene rings is 1. The average Bonchev–Trinajstić information content (AvgIpc) is 2.33. The van der Waals surface area contributed by atoms with Gasteiger partial charge in [0.15, 0.2) is 0 Å². The first kappa shape index (κ1) is 15.2. The highest BCUT2D eigenvalue weighted by Crippen LogP contribution is 2.09. The summed E-state index contributed by atoms with van der Waals surface area (Å²) in [5.74, 6) is 0.469. The van der Waals surface area contributed by atoms with Crippen molar-refractivity contribution >= 4 is 0 Å². The SMILES string of the molecule is Cc1cccc(CCC(C)NC(CO)C(C)C)c1. The second kappa shape index (κ2) is 7.55. The molecule has 0 heterocycles. The molecular formula is C16H27NO. The molecule has 0 aliphatic heterocycles. The Morgan fingerprint density at radius 2 is 1.94 bits per heavy atom. The summed E-state index contributed by atoms with van der Waals surface area (Å²) in [6.07, 6.45) is 2.19. The zero-order valence-corrected chi connectivity index (χ0v) is 12.1. The average molecular weight is 249 g/mol. The third-order valence-corrected chi connectivity index (χ3v) is 3.45. The zero-order chi connectivity index (χ0) is 13.5. The van der Waals surface area contributed by atoms with E-state index in [1.54, 1.807) is 0 Å². The van der Waals surface area contributed by atoms with Crippen LogP contribution in [0.3, 0.4) is 0 Å². The largest absolute Gasteiger partial charge is 0.395 e. The Labute approximate surface area is 111 Å². The molecule has 1 aromatic rings. The number of rotatable bonds is 7. The number of nitrogens with one attached hydrogen (secondary N) is 1. The van der Waals surface area contributed by atoms with Crippen LogP contribution in [-0.2, 0) is 6.42 Å². The van der Waals surface area contributed by atoms with Crippen molar-refractivity contribution in [1.29, 1.82) is 0 Å². The first-order valence-corrected chi connectivity index (χ1v) is 6.95. The molecular weight excluding hydrogens is 222 g/mol. The first-order valence-electron chi connectivity index (χ1n) is 6.95. The molecule has 18 heavy (non-hydrogen) atoms. The molecule has 0 fully saturated rings. The highest BCUT2D eigenvalue weighted by atomic mass is 16.3. The fraction of sp³-hybridized carbons (Fsp3) is 0.625. The monoisotopic (exact) mass is 249 g/mol. The molecule has 0 bridgehead atoms. The Bertz CT molecular complexity index is 349. The fourth-order valence-electron chi connectivity index (χ4n) is 2.16. The van der Waals surface area contributed by atoms with Crippen molar-refractivity contribution in [2.45, 2.75) is 52.6 Å². The fourth-order valence-corrected chi connectivity index (χ4v) is 2.16. The van der Waals surface area contributed by atoms with Crippen LogP contribution in [0.5, 0.6) is 0 Å². The van der Waals surface area contributed by atoms with E-state index in [4.69, 9.17) is 0 Å². The molecule has 0 amide bonds. The number of hydrogen-bond acceptors (Lipinski definition) is 2. The van der Waals surface area contributed by atoms with Gasteiger partial charge in [-0.05, 0) is 38.2 Å². The molecule has 102 valence electrons. The second-order valence-electron chi connectivity index (χ2n) is 5.63. The summed E-state index contributed by atoms with van der Waals surface area (Å²) in [4.78, 5) is 0. The van der Waals surface area contributed by atoms with Gasteiger partial charge >= 0.3 is 0 Å². The summed E-state index contributed by atoms with van der Waals surface area (Å²) in [7, 11) is 0. The van der Waals surface area contributed by atoms with Crippen LogP contribution in [-0.4, -0.2) is 23.8 Å². The molecule has 0 spiro atoms. The normalized spacial score (nSPS) is 14.8. The van der Waals surface area contributed by atoms with Gasteiger partial charge in [-0.2, -0.15) is 0 Å². The molecule has 1 aromatic carbocycles. The highest BCUT2D eigenvalue weighted by Gasteiger charge is 2.14. The second-order valence-corrected chi connectivity index (χ2v) is 5.63. The summed E-state index contributed by atoms with van der Waals surface area (Å²) in [6.45, 7) is 8.82. The van der Waals surface area contributed by atoms with Gasteiger partial charge in [-0.3, -0.25) is 0 Å². The van der Waals surface area contributed by atoms with Gasteiger partial charge in [0.1, 0.15) is 0 Å². The van der Waals surface area contributed by atoms with Gasteiger partial charge in [0.2, 0.25) is 0 Å². The van der Waals surface area contributed by atoms with Gasteiger partial charge < -0.3 is 10.4 Å². The summed E-state index contributed by atoms with van der Waals surface area (Å²) >= 11 is 0. The predicted octanol–water partition coefficient (Wildman–Crippen LogP) is 2.92. The van der Waals surface area contributed by atoms with Gasteiger partial charge in [-0.1, -0.05) is 43.7 Å². The molecule has 0 aromatic heterocycles. The summed E-state index contributed by atoms with van der Waals surface area (Å²) in [5, 5.41) is 12.8. The third-order valence-electron chi connectivity index (χ3n) is 3.45. The minimum Gasteiger partial charge on any atom is -0.395 e. The highest BCUT2D eigenvalue weighted by molar-refractivity contribution is 5.22. The molecule has 2 nitrogen and oxygen atoms in total. The molecule has 2 unspecified atom stereocenters. The Hall–Kier alpha value is -0.860.